The number of likely N-dealkylation sites (tertiary alicyclic amines) is 1. The Kier molecular flexibility index (Phi) is 4.85. The first-order valence-corrected chi connectivity index (χ1v) is 8.26. The summed E-state index contributed by atoms with van der Waals surface area (Å²) in [5.41, 5.74) is 2.45. The lowest BCUT2D eigenvalue weighted by Gasteiger charge is -2.20. The Labute approximate surface area is 141 Å². The highest BCUT2D eigenvalue weighted by Crippen LogP contribution is 2.23. The lowest BCUT2D eigenvalue weighted by atomic mass is 10.0. The van der Waals surface area contributed by atoms with Crippen LogP contribution in [0.25, 0.3) is 11.3 Å². The molecule has 1 fully saturated rings. The van der Waals surface area contributed by atoms with Gasteiger partial charge in [0, 0.05) is 36.7 Å². The van der Waals surface area contributed by atoms with Crippen LogP contribution in [-0.4, -0.2) is 50.1 Å². The molecule has 0 saturated carbocycles. The van der Waals surface area contributed by atoms with Gasteiger partial charge >= 0.3 is 5.97 Å². The van der Waals surface area contributed by atoms with Gasteiger partial charge in [-0.2, -0.15) is 0 Å². The van der Waals surface area contributed by atoms with Crippen molar-refractivity contribution in [3.8, 4) is 11.3 Å². The van der Waals surface area contributed by atoms with Gasteiger partial charge in [-0.05, 0) is 45.2 Å². The Hall–Kier alpha value is -2.34. The van der Waals surface area contributed by atoms with E-state index in [1.165, 1.54) is 12.6 Å². The van der Waals surface area contributed by atoms with Crippen molar-refractivity contribution in [2.75, 3.05) is 13.1 Å². The quantitative estimate of drug-likeness (QED) is 0.909. The van der Waals surface area contributed by atoms with Gasteiger partial charge in [0.2, 0.25) is 0 Å². The van der Waals surface area contributed by atoms with E-state index in [1.54, 1.807) is 24.7 Å². The Morgan fingerprint density at radius 2 is 2.08 bits per heavy atom. The lowest BCUT2D eigenvalue weighted by molar-refractivity contribution is 0.0696. The van der Waals surface area contributed by atoms with Crippen LogP contribution in [0.15, 0.2) is 30.9 Å². The van der Waals surface area contributed by atoms with Crippen LogP contribution in [0.5, 0.6) is 0 Å². The van der Waals surface area contributed by atoms with E-state index in [0.717, 1.165) is 25.2 Å². The van der Waals surface area contributed by atoms with Gasteiger partial charge in [0.15, 0.2) is 0 Å². The first kappa shape index (κ1) is 16.5. The largest absolute Gasteiger partial charge is 0.478 e. The average molecular weight is 326 g/mol. The molecule has 1 saturated heterocycles. The normalized spacial score (nSPS) is 18.2. The average Bonchev–Trinajstić information content (AvgIpc) is 3.04. The molecule has 1 aliphatic rings. The summed E-state index contributed by atoms with van der Waals surface area (Å²) in [6.45, 7) is 6.69. The summed E-state index contributed by atoms with van der Waals surface area (Å²) < 4.78 is 0. The third kappa shape index (κ3) is 3.76. The molecule has 0 spiro atoms. The number of carbonyl (C=O) groups is 1. The highest BCUT2D eigenvalue weighted by Gasteiger charge is 2.24. The molecule has 1 aliphatic heterocycles. The monoisotopic (exact) mass is 326 g/mol. The molecule has 0 aromatic carbocycles. The minimum atomic E-state index is -0.992. The molecule has 0 bridgehead atoms. The first-order valence-electron chi connectivity index (χ1n) is 8.26. The number of aromatic nitrogens is 3. The minimum absolute atomic E-state index is 0.156. The summed E-state index contributed by atoms with van der Waals surface area (Å²) in [4.78, 5) is 26.5. The fraction of sp³-hybridized carbons (Fsp3) is 0.444. The molecule has 0 aliphatic carbocycles. The Morgan fingerprint density at radius 3 is 2.79 bits per heavy atom. The van der Waals surface area contributed by atoms with Crippen LogP contribution in [0.1, 0.15) is 36.3 Å². The molecule has 0 unspecified atom stereocenters. The number of pyridine rings is 1. The molecule has 0 amide bonds. The Morgan fingerprint density at radius 1 is 1.29 bits per heavy atom. The fourth-order valence-electron chi connectivity index (χ4n) is 3.13. The van der Waals surface area contributed by atoms with Gasteiger partial charge in [0.25, 0.3) is 0 Å². The molecule has 2 aromatic rings. The minimum Gasteiger partial charge on any atom is -0.478 e. The van der Waals surface area contributed by atoms with E-state index in [2.05, 4.69) is 33.7 Å². The van der Waals surface area contributed by atoms with E-state index in [1.807, 2.05) is 0 Å². The highest BCUT2D eigenvalue weighted by atomic mass is 16.4. The van der Waals surface area contributed by atoms with Crippen molar-refractivity contribution in [1.29, 1.82) is 0 Å². The van der Waals surface area contributed by atoms with Gasteiger partial charge in [-0.3, -0.25) is 9.97 Å². The number of carboxylic acid groups (broad SMARTS) is 1. The third-order valence-corrected chi connectivity index (χ3v) is 4.51. The smallest absolute Gasteiger partial charge is 0.337 e. The molecule has 0 radical (unpaired) electrons. The zero-order chi connectivity index (χ0) is 17.1. The van der Waals surface area contributed by atoms with Crippen molar-refractivity contribution in [3.63, 3.8) is 0 Å². The zero-order valence-corrected chi connectivity index (χ0v) is 14.0. The van der Waals surface area contributed by atoms with Crippen molar-refractivity contribution in [1.82, 2.24) is 19.9 Å². The van der Waals surface area contributed by atoms with E-state index < -0.39 is 5.97 Å². The first-order chi connectivity index (χ1) is 11.5. The molecule has 126 valence electrons. The number of carboxylic acids is 1. The topological polar surface area (TPSA) is 79.2 Å². The van der Waals surface area contributed by atoms with Crippen LogP contribution in [0.4, 0.5) is 0 Å². The maximum atomic E-state index is 11.1. The van der Waals surface area contributed by atoms with Crippen LogP contribution in [-0.2, 0) is 6.42 Å². The molecule has 24 heavy (non-hydrogen) atoms. The van der Waals surface area contributed by atoms with Crippen LogP contribution < -0.4 is 0 Å². The van der Waals surface area contributed by atoms with Crippen LogP contribution in [0.3, 0.4) is 0 Å². The molecule has 1 atom stereocenters. The molecule has 3 heterocycles. The zero-order valence-electron chi connectivity index (χ0n) is 14.0. The third-order valence-electron chi connectivity index (χ3n) is 4.51. The van der Waals surface area contributed by atoms with Crippen LogP contribution in [0.2, 0.25) is 0 Å². The fourth-order valence-corrected chi connectivity index (χ4v) is 3.13. The number of nitrogens with zero attached hydrogens (tertiary/aromatic N) is 4. The summed E-state index contributed by atoms with van der Waals surface area (Å²) in [6.07, 6.45) is 8.49. The second-order valence-corrected chi connectivity index (χ2v) is 6.61. The second kappa shape index (κ2) is 7.05. The lowest BCUT2D eigenvalue weighted by Crippen LogP contribution is -2.28. The summed E-state index contributed by atoms with van der Waals surface area (Å²) >= 11 is 0. The van der Waals surface area contributed by atoms with E-state index in [0.29, 0.717) is 23.2 Å². The maximum absolute atomic E-state index is 11.1. The number of hydrogen-bond acceptors (Lipinski definition) is 5. The van der Waals surface area contributed by atoms with Crippen molar-refractivity contribution in [3.05, 3.63) is 42.1 Å². The molecular weight excluding hydrogens is 304 g/mol. The molecule has 2 aromatic heterocycles. The predicted molar refractivity (Wildman–Crippen MR) is 90.7 cm³/mol. The van der Waals surface area contributed by atoms with E-state index in [4.69, 9.17) is 5.11 Å². The van der Waals surface area contributed by atoms with Crippen molar-refractivity contribution >= 4 is 5.97 Å². The molecule has 3 rings (SSSR count). The number of aromatic carboxylic acids is 1. The Balaban J connectivity index is 1.75. The predicted octanol–water partition coefficient (Wildman–Crippen LogP) is 2.51. The second-order valence-electron chi connectivity index (χ2n) is 6.61. The van der Waals surface area contributed by atoms with Crippen LogP contribution in [0, 0.1) is 5.92 Å². The summed E-state index contributed by atoms with van der Waals surface area (Å²) in [5.74, 6) is -0.395. The maximum Gasteiger partial charge on any atom is 0.337 e. The Bertz CT molecular complexity index is 732. The molecule has 1 N–H and O–H groups in total. The van der Waals surface area contributed by atoms with Gasteiger partial charge < -0.3 is 10.0 Å². The van der Waals surface area contributed by atoms with E-state index >= 15 is 0 Å². The van der Waals surface area contributed by atoms with Crippen molar-refractivity contribution in [2.24, 2.45) is 5.92 Å². The van der Waals surface area contributed by atoms with Gasteiger partial charge in [-0.15, -0.1) is 0 Å². The van der Waals surface area contributed by atoms with Gasteiger partial charge in [0.05, 0.1) is 23.1 Å². The summed E-state index contributed by atoms with van der Waals surface area (Å²) in [5, 5.41) is 9.09. The standard InChI is InChI=1S/C18H22N4O2/c1-12(2)22-4-3-13(11-22)5-16-9-20-10-17(21-16)14-6-15(18(23)24)8-19-7-14/h6-10,12-13H,3-5,11H2,1-2H3,(H,23,24)/t13-/m1/s1. The van der Waals surface area contributed by atoms with E-state index in [-0.39, 0.29) is 5.56 Å². The van der Waals surface area contributed by atoms with Gasteiger partial charge in [0.1, 0.15) is 0 Å². The molecule has 6 heteroatoms. The molecule has 6 nitrogen and oxygen atoms in total. The van der Waals surface area contributed by atoms with Crippen molar-refractivity contribution in [2.45, 2.75) is 32.7 Å². The summed E-state index contributed by atoms with van der Waals surface area (Å²) in [6, 6.07) is 2.16. The van der Waals surface area contributed by atoms with Gasteiger partial charge in [-0.1, -0.05) is 0 Å². The van der Waals surface area contributed by atoms with Crippen LogP contribution >= 0.6 is 0 Å². The SMILES string of the molecule is CC(C)N1CC[C@H](Cc2cncc(-c3cncc(C(=O)O)c3)n2)C1. The number of hydrogen-bond donors (Lipinski definition) is 1. The highest BCUT2D eigenvalue weighted by molar-refractivity contribution is 5.88. The number of rotatable bonds is 5. The van der Waals surface area contributed by atoms with E-state index in [9.17, 15) is 4.79 Å². The molecular formula is C18H22N4O2. The van der Waals surface area contributed by atoms with Crippen molar-refractivity contribution < 1.29 is 9.90 Å². The van der Waals surface area contributed by atoms with Gasteiger partial charge in [-0.25, -0.2) is 9.78 Å². The summed E-state index contributed by atoms with van der Waals surface area (Å²) in [7, 11) is 0.